The molecule has 0 saturated carbocycles. The van der Waals surface area contributed by atoms with Crippen molar-refractivity contribution in [3.8, 4) is 11.5 Å². The molecule has 1 heterocycles. The molecule has 0 N–H and O–H groups in total. The molecule has 0 spiro atoms. The molecule has 0 aromatic carbocycles. The third kappa shape index (κ3) is 7.51. The Kier molecular flexibility index (Phi) is 6.25. The van der Waals surface area contributed by atoms with Crippen LogP contribution in [0.3, 0.4) is 0 Å². The Morgan fingerprint density at radius 1 is 1.32 bits per heavy atom. The lowest BCUT2D eigenvalue weighted by Gasteiger charge is -2.03. The van der Waals surface area contributed by atoms with Gasteiger partial charge in [0.25, 0.3) is 0 Å². The van der Waals surface area contributed by atoms with Crippen LogP contribution in [0.1, 0.15) is 18.2 Å². The largest absolute Gasteiger partial charge is 0.257 e. The van der Waals surface area contributed by atoms with Gasteiger partial charge in [-0.05, 0) is 68.6 Å². The maximum absolute atomic E-state index is 4.34. The van der Waals surface area contributed by atoms with E-state index in [0.717, 1.165) is 20.2 Å². The summed E-state index contributed by atoms with van der Waals surface area (Å²) in [7, 11) is -1.33. The number of pyridine rings is 1. The van der Waals surface area contributed by atoms with E-state index in [-0.39, 0.29) is 0 Å². The summed E-state index contributed by atoms with van der Waals surface area (Å²) in [6.07, 6.45) is 5.82. The number of nitrogens with zero attached hydrogens (tertiary/aromatic N) is 1. The smallest absolute Gasteiger partial charge is 0.129 e. The van der Waals surface area contributed by atoms with Gasteiger partial charge in [-0.2, -0.15) is 0 Å². The molecule has 0 amide bonds. The van der Waals surface area contributed by atoms with E-state index in [1.54, 1.807) is 6.20 Å². The van der Waals surface area contributed by atoms with Gasteiger partial charge in [-0.15, -0.1) is 5.54 Å². The Labute approximate surface area is 133 Å². The van der Waals surface area contributed by atoms with Crippen molar-refractivity contribution in [3.05, 3.63) is 44.6 Å². The van der Waals surface area contributed by atoms with Gasteiger partial charge >= 0.3 is 0 Å². The van der Waals surface area contributed by atoms with Gasteiger partial charge in [0.1, 0.15) is 8.07 Å². The molecule has 0 fully saturated rings. The highest BCUT2D eigenvalue weighted by molar-refractivity contribution is 9.28. The highest BCUT2D eigenvalue weighted by Gasteiger charge is 2.07. The van der Waals surface area contributed by atoms with E-state index in [1.165, 1.54) is 0 Å². The van der Waals surface area contributed by atoms with Crippen LogP contribution in [0.2, 0.25) is 19.6 Å². The van der Waals surface area contributed by atoms with Gasteiger partial charge in [0.2, 0.25) is 0 Å². The lowest BCUT2D eigenvalue weighted by Crippen LogP contribution is -2.16. The topological polar surface area (TPSA) is 12.9 Å². The number of aromatic nitrogens is 1. The minimum absolute atomic E-state index is 0.920. The van der Waals surface area contributed by atoms with E-state index in [1.807, 2.05) is 31.2 Å². The second kappa shape index (κ2) is 7.23. The summed E-state index contributed by atoms with van der Waals surface area (Å²) in [6, 6.07) is 3.97. The molecule has 0 aliphatic heterocycles. The molecule has 0 unspecified atom stereocenters. The number of rotatable bonds is 2. The number of halogens is 2. The van der Waals surface area contributed by atoms with Crippen molar-refractivity contribution in [2.45, 2.75) is 26.6 Å². The van der Waals surface area contributed by atoms with Crippen molar-refractivity contribution in [3.63, 3.8) is 0 Å². The maximum atomic E-state index is 4.34. The first-order valence-corrected chi connectivity index (χ1v) is 11.0. The molecule has 0 radical (unpaired) electrons. The molecule has 0 saturated heterocycles. The van der Waals surface area contributed by atoms with Crippen molar-refractivity contribution in [2.24, 2.45) is 0 Å². The van der Waals surface area contributed by atoms with Crippen LogP contribution < -0.4 is 0 Å². The quantitative estimate of drug-likeness (QED) is 0.372. The molecule has 0 bridgehead atoms. The number of hydrogen-bond acceptors (Lipinski definition) is 1. The third-order valence-electron chi connectivity index (χ3n) is 2.08. The summed E-state index contributed by atoms with van der Waals surface area (Å²) in [4.78, 5) is 4.34. The van der Waals surface area contributed by atoms with Gasteiger partial charge in [0.15, 0.2) is 0 Å². The van der Waals surface area contributed by atoms with E-state index >= 15 is 0 Å². The molecule has 1 nitrogen and oxygen atoms in total. The van der Waals surface area contributed by atoms with Gasteiger partial charge in [-0.3, -0.25) is 4.98 Å². The van der Waals surface area contributed by atoms with Crippen molar-refractivity contribution in [1.82, 2.24) is 4.98 Å². The fraction of sp³-hybridized carbons (Fsp3) is 0.267. The highest BCUT2D eigenvalue weighted by atomic mass is 79.9. The molecule has 0 atom stereocenters. The van der Waals surface area contributed by atoms with Crippen LogP contribution in [-0.2, 0) is 0 Å². The van der Waals surface area contributed by atoms with Crippen LogP contribution in [0, 0.1) is 11.5 Å². The second-order valence-electron chi connectivity index (χ2n) is 5.29. The van der Waals surface area contributed by atoms with E-state index in [0.29, 0.717) is 0 Å². The molecule has 0 aliphatic carbocycles. The van der Waals surface area contributed by atoms with Crippen LogP contribution >= 0.6 is 31.9 Å². The zero-order valence-corrected chi connectivity index (χ0v) is 15.8. The van der Waals surface area contributed by atoms with Gasteiger partial charge in [0, 0.05) is 11.8 Å². The van der Waals surface area contributed by atoms with Crippen LogP contribution in [0.25, 0.3) is 6.08 Å². The van der Waals surface area contributed by atoms with Crippen LogP contribution in [0.4, 0.5) is 0 Å². The van der Waals surface area contributed by atoms with E-state index in [9.17, 15) is 0 Å². The monoisotopic (exact) mass is 397 g/mol. The highest BCUT2D eigenvalue weighted by Crippen LogP contribution is 2.17. The Bertz CT molecular complexity index is 568. The minimum Gasteiger partial charge on any atom is -0.257 e. The summed E-state index contributed by atoms with van der Waals surface area (Å²) in [5.41, 5.74) is 6.44. The Hall–Kier alpha value is -0.633. The lowest BCUT2D eigenvalue weighted by molar-refractivity contribution is 1.28. The maximum Gasteiger partial charge on any atom is 0.129 e. The zero-order chi connectivity index (χ0) is 14.5. The predicted octanol–water partition coefficient (Wildman–Crippen LogP) is 5.35. The second-order valence-corrected chi connectivity index (χ2v) is 12.8. The number of allylic oxidation sites excluding steroid dienone is 2. The van der Waals surface area contributed by atoms with E-state index < -0.39 is 8.07 Å². The van der Waals surface area contributed by atoms with Crippen molar-refractivity contribution >= 4 is 46.0 Å². The molecule has 1 aromatic heterocycles. The standard InChI is InChI=1S/C15H17Br2NSi/c1-12(10-15(16)17)9-14-11-13(5-7-18-14)6-8-19(2,3)4/h5,7,9-11H,1-4H3/b12-9+. The minimum atomic E-state index is -1.33. The SMILES string of the molecule is C/C(C=C(Br)Br)=C\c1cc(C#C[Si](C)(C)C)ccn1. The molecule has 0 aliphatic rings. The Morgan fingerprint density at radius 3 is 2.58 bits per heavy atom. The Balaban J connectivity index is 3.01. The fourth-order valence-electron chi connectivity index (χ4n) is 1.31. The van der Waals surface area contributed by atoms with E-state index in [4.69, 9.17) is 0 Å². The summed E-state index contributed by atoms with van der Waals surface area (Å²) in [5, 5.41) is 0. The summed E-state index contributed by atoms with van der Waals surface area (Å²) < 4.78 is 0.920. The van der Waals surface area contributed by atoms with Gasteiger partial charge in [0.05, 0.1) is 9.09 Å². The third-order valence-corrected chi connectivity index (χ3v) is 3.41. The average molecular weight is 399 g/mol. The first kappa shape index (κ1) is 16.4. The van der Waals surface area contributed by atoms with Crippen molar-refractivity contribution in [2.75, 3.05) is 0 Å². The molecular weight excluding hydrogens is 382 g/mol. The first-order chi connectivity index (χ1) is 8.76. The number of hydrogen-bond donors (Lipinski definition) is 0. The van der Waals surface area contributed by atoms with Gasteiger partial charge < -0.3 is 0 Å². The van der Waals surface area contributed by atoms with Gasteiger partial charge in [-0.1, -0.05) is 25.6 Å². The average Bonchev–Trinajstić information content (AvgIpc) is 2.24. The summed E-state index contributed by atoms with van der Waals surface area (Å²) >= 11 is 6.70. The van der Waals surface area contributed by atoms with Crippen LogP contribution in [0.15, 0.2) is 33.4 Å². The molecule has 19 heavy (non-hydrogen) atoms. The van der Waals surface area contributed by atoms with Crippen molar-refractivity contribution < 1.29 is 0 Å². The first-order valence-electron chi connectivity index (χ1n) is 5.96. The summed E-state index contributed by atoms with van der Waals surface area (Å²) in [5.74, 6) is 3.25. The predicted molar refractivity (Wildman–Crippen MR) is 94.0 cm³/mol. The normalized spacial score (nSPS) is 11.6. The lowest BCUT2D eigenvalue weighted by atomic mass is 10.2. The fourth-order valence-corrected chi connectivity index (χ4v) is 2.55. The molecular formula is C15H17Br2NSi. The summed E-state index contributed by atoms with van der Waals surface area (Å²) in [6.45, 7) is 8.75. The van der Waals surface area contributed by atoms with Gasteiger partial charge in [-0.25, -0.2) is 0 Å². The molecule has 4 heteroatoms. The molecule has 100 valence electrons. The van der Waals surface area contributed by atoms with Crippen molar-refractivity contribution in [1.29, 1.82) is 0 Å². The van der Waals surface area contributed by atoms with Crippen LogP contribution in [0.5, 0.6) is 0 Å². The zero-order valence-electron chi connectivity index (χ0n) is 11.6. The molecule has 1 aromatic rings. The Morgan fingerprint density at radius 2 is 2.00 bits per heavy atom. The van der Waals surface area contributed by atoms with E-state index in [2.05, 4.69) is 67.9 Å². The van der Waals surface area contributed by atoms with Crippen LogP contribution in [-0.4, -0.2) is 13.1 Å². The molecule has 1 rings (SSSR count).